The summed E-state index contributed by atoms with van der Waals surface area (Å²) in [6, 6.07) is 10.0. The van der Waals surface area contributed by atoms with Crippen LogP contribution in [0, 0.1) is 0 Å². The number of nitrogens with two attached hydrogens (primary N) is 1. The summed E-state index contributed by atoms with van der Waals surface area (Å²) in [5, 5.41) is 13.5. The quantitative estimate of drug-likeness (QED) is 0.783. The Morgan fingerprint density at radius 2 is 2.05 bits per heavy atom. The van der Waals surface area contributed by atoms with Crippen LogP contribution in [-0.2, 0) is 13.2 Å². The molecule has 0 amide bonds. The summed E-state index contributed by atoms with van der Waals surface area (Å²) in [6.45, 7) is 5.52. The molecule has 0 fully saturated rings. The van der Waals surface area contributed by atoms with E-state index in [2.05, 4.69) is 11.4 Å². The Hall–Kier alpha value is -1.56. The molecule has 1 aromatic carbocycles. The number of rotatable bonds is 8. The van der Waals surface area contributed by atoms with Crippen LogP contribution in [0.5, 0.6) is 11.5 Å². The molecule has 1 aromatic heterocycles. The van der Waals surface area contributed by atoms with Gasteiger partial charge in [-0.2, -0.15) is 0 Å². The van der Waals surface area contributed by atoms with E-state index in [-0.39, 0.29) is 12.1 Å². The van der Waals surface area contributed by atoms with E-state index < -0.39 is 0 Å². The van der Waals surface area contributed by atoms with Crippen LogP contribution in [0.25, 0.3) is 0 Å². The molecule has 2 aromatic rings. The van der Waals surface area contributed by atoms with E-state index >= 15 is 0 Å². The average Bonchev–Trinajstić information content (AvgIpc) is 3.04. The molecule has 0 aliphatic carbocycles. The molecule has 0 unspecified atom stereocenters. The molecule has 3 N–H and O–H groups in total. The van der Waals surface area contributed by atoms with Gasteiger partial charge < -0.3 is 19.9 Å². The Balaban J connectivity index is 2.00. The van der Waals surface area contributed by atoms with Crippen molar-refractivity contribution in [1.82, 2.24) is 0 Å². The highest BCUT2D eigenvalue weighted by molar-refractivity contribution is 7.09. The molecule has 0 saturated heterocycles. The van der Waals surface area contributed by atoms with Crippen LogP contribution in [0.2, 0.25) is 0 Å². The number of benzene rings is 1. The van der Waals surface area contributed by atoms with Crippen LogP contribution in [0.15, 0.2) is 35.7 Å². The highest BCUT2D eigenvalue weighted by Crippen LogP contribution is 2.29. The van der Waals surface area contributed by atoms with Crippen molar-refractivity contribution in [2.45, 2.75) is 32.5 Å². The van der Waals surface area contributed by atoms with Gasteiger partial charge in [0.15, 0.2) is 11.5 Å². The van der Waals surface area contributed by atoms with E-state index in [4.69, 9.17) is 9.47 Å². The van der Waals surface area contributed by atoms with Gasteiger partial charge in [-0.05, 0) is 43.5 Å². The van der Waals surface area contributed by atoms with E-state index in [1.165, 1.54) is 4.88 Å². The predicted octanol–water partition coefficient (Wildman–Crippen LogP) is 2.17. The molecular formula is C17H24NO3S+. The summed E-state index contributed by atoms with van der Waals surface area (Å²) in [5.41, 5.74) is 0.962. The second kappa shape index (κ2) is 7.63. The summed E-state index contributed by atoms with van der Waals surface area (Å²) in [4.78, 5) is 1.18. The van der Waals surface area contributed by atoms with Crippen molar-refractivity contribution in [2.24, 2.45) is 0 Å². The monoisotopic (exact) mass is 322 g/mol. The van der Waals surface area contributed by atoms with Gasteiger partial charge in [0.2, 0.25) is 0 Å². The fourth-order valence-electron chi connectivity index (χ4n) is 1.96. The van der Waals surface area contributed by atoms with Crippen LogP contribution >= 0.6 is 11.3 Å². The second-order valence-electron chi connectivity index (χ2n) is 5.91. The molecule has 0 aliphatic heterocycles. The number of quaternary nitrogens is 1. The molecule has 120 valence electrons. The Morgan fingerprint density at radius 1 is 1.23 bits per heavy atom. The molecule has 0 aliphatic rings. The van der Waals surface area contributed by atoms with Crippen LogP contribution in [-0.4, -0.2) is 24.4 Å². The average molecular weight is 322 g/mol. The van der Waals surface area contributed by atoms with Crippen molar-refractivity contribution in [3.8, 4) is 11.5 Å². The van der Waals surface area contributed by atoms with Crippen LogP contribution in [0.3, 0.4) is 0 Å². The Bertz CT molecular complexity index is 582. The van der Waals surface area contributed by atoms with Gasteiger partial charge in [0.25, 0.3) is 0 Å². The molecule has 0 saturated carbocycles. The third-order valence-electron chi connectivity index (χ3n) is 3.48. The number of hydrogen-bond acceptors (Lipinski definition) is 4. The topological polar surface area (TPSA) is 55.3 Å². The van der Waals surface area contributed by atoms with Gasteiger partial charge in [0.1, 0.15) is 18.7 Å². The van der Waals surface area contributed by atoms with Gasteiger partial charge in [0.05, 0.1) is 13.7 Å². The minimum atomic E-state index is -0.179. The third-order valence-corrected chi connectivity index (χ3v) is 4.33. The number of hydrogen-bond donors (Lipinski definition) is 2. The molecule has 1 heterocycles. The molecule has 0 radical (unpaired) electrons. The number of thiophene rings is 1. The molecule has 0 bridgehead atoms. The summed E-state index contributed by atoms with van der Waals surface area (Å²) in [6.07, 6.45) is 0. The summed E-state index contributed by atoms with van der Waals surface area (Å²) >= 11 is 1.68. The van der Waals surface area contributed by atoms with E-state index in [0.717, 1.165) is 23.6 Å². The number of methoxy groups -OCH3 is 1. The van der Waals surface area contributed by atoms with Crippen molar-refractivity contribution < 1.29 is 19.9 Å². The first kappa shape index (κ1) is 16.8. The molecule has 0 spiro atoms. The molecule has 2 rings (SSSR count). The van der Waals surface area contributed by atoms with Gasteiger partial charge in [-0.25, -0.2) is 0 Å². The minimum absolute atomic E-state index is 0.145. The lowest BCUT2D eigenvalue weighted by molar-refractivity contribution is -0.736. The second-order valence-corrected chi connectivity index (χ2v) is 6.94. The normalized spacial score (nSPS) is 11.5. The van der Waals surface area contributed by atoms with Gasteiger partial charge in [-0.1, -0.05) is 6.07 Å². The Kier molecular flexibility index (Phi) is 5.83. The van der Waals surface area contributed by atoms with Crippen molar-refractivity contribution >= 4 is 11.3 Å². The Labute approximate surface area is 135 Å². The lowest BCUT2D eigenvalue weighted by Gasteiger charge is -2.20. The molecule has 22 heavy (non-hydrogen) atoms. The first-order chi connectivity index (χ1) is 10.5. The van der Waals surface area contributed by atoms with Gasteiger partial charge in [-0.15, -0.1) is 11.3 Å². The van der Waals surface area contributed by atoms with Crippen molar-refractivity contribution in [3.05, 3.63) is 46.2 Å². The first-order valence-corrected chi connectivity index (χ1v) is 8.19. The van der Waals surface area contributed by atoms with Crippen LogP contribution < -0.4 is 14.8 Å². The van der Waals surface area contributed by atoms with E-state index in [0.29, 0.717) is 6.61 Å². The predicted molar refractivity (Wildman–Crippen MR) is 88.4 cm³/mol. The molecule has 0 atom stereocenters. The molecular weight excluding hydrogens is 298 g/mol. The third kappa shape index (κ3) is 4.73. The number of aliphatic hydroxyl groups excluding tert-OH is 1. The van der Waals surface area contributed by atoms with Crippen molar-refractivity contribution in [2.75, 3.05) is 13.7 Å². The summed E-state index contributed by atoms with van der Waals surface area (Å²) in [5.74, 6) is 1.49. The smallest absolute Gasteiger partial charge is 0.161 e. The first-order valence-electron chi connectivity index (χ1n) is 7.31. The fraction of sp³-hybridized carbons (Fsp3) is 0.412. The fourth-order valence-corrected chi connectivity index (χ4v) is 2.58. The maximum Gasteiger partial charge on any atom is 0.161 e. The van der Waals surface area contributed by atoms with Gasteiger partial charge >= 0.3 is 0 Å². The molecule has 4 nitrogen and oxygen atoms in total. The minimum Gasteiger partial charge on any atom is -0.493 e. The standard InChI is InChI=1S/C17H23NO3S/c1-17(2,12-19)18-10-13-6-7-15(16(9-13)20-3)21-11-14-5-4-8-22-14/h4-9,18-19H,10-12H2,1-3H3/p+1. The zero-order chi connectivity index (χ0) is 16.0. The maximum absolute atomic E-state index is 9.30. The SMILES string of the molecule is COc1cc(C[NH2+]C(C)(C)CO)ccc1OCc1cccs1. The summed E-state index contributed by atoms with van der Waals surface area (Å²) in [7, 11) is 1.65. The maximum atomic E-state index is 9.30. The van der Waals surface area contributed by atoms with Crippen molar-refractivity contribution in [3.63, 3.8) is 0 Å². The van der Waals surface area contributed by atoms with Crippen LogP contribution in [0.4, 0.5) is 0 Å². The number of aliphatic hydroxyl groups is 1. The lowest BCUT2D eigenvalue weighted by Crippen LogP contribution is -2.95. The van der Waals surface area contributed by atoms with E-state index in [1.54, 1.807) is 18.4 Å². The van der Waals surface area contributed by atoms with Gasteiger partial charge in [0, 0.05) is 10.4 Å². The van der Waals surface area contributed by atoms with Crippen molar-refractivity contribution in [1.29, 1.82) is 0 Å². The van der Waals surface area contributed by atoms with E-state index in [1.807, 2.05) is 43.5 Å². The lowest BCUT2D eigenvalue weighted by atomic mass is 10.1. The highest BCUT2D eigenvalue weighted by Gasteiger charge is 2.19. The molecule has 5 heteroatoms. The highest BCUT2D eigenvalue weighted by atomic mass is 32.1. The van der Waals surface area contributed by atoms with Crippen LogP contribution in [0.1, 0.15) is 24.3 Å². The zero-order valence-electron chi connectivity index (χ0n) is 13.3. The number of ether oxygens (including phenoxy) is 2. The largest absolute Gasteiger partial charge is 0.493 e. The Morgan fingerprint density at radius 3 is 2.68 bits per heavy atom. The van der Waals surface area contributed by atoms with E-state index in [9.17, 15) is 5.11 Å². The van der Waals surface area contributed by atoms with Gasteiger partial charge in [-0.3, -0.25) is 0 Å². The zero-order valence-corrected chi connectivity index (χ0v) is 14.2. The summed E-state index contributed by atoms with van der Waals surface area (Å²) < 4.78 is 11.3.